The quantitative estimate of drug-likeness (QED) is 0.769. The van der Waals surface area contributed by atoms with Crippen LogP contribution in [0.3, 0.4) is 0 Å². The van der Waals surface area contributed by atoms with Gasteiger partial charge in [0.15, 0.2) is 0 Å². The Morgan fingerprint density at radius 1 is 1.53 bits per heavy atom. The van der Waals surface area contributed by atoms with Crippen LogP contribution < -0.4 is 10.6 Å². The fourth-order valence-electron chi connectivity index (χ4n) is 1.43. The topological polar surface area (TPSA) is 41.1 Å². The first-order valence-electron chi connectivity index (χ1n) is 4.94. The Kier molecular flexibility index (Phi) is 2.68. The summed E-state index contributed by atoms with van der Waals surface area (Å²) in [6.45, 7) is 3.17. The van der Waals surface area contributed by atoms with Gasteiger partial charge in [-0.1, -0.05) is 6.07 Å². The molecule has 1 aromatic carbocycles. The number of benzene rings is 1. The molecule has 2 rings (SSSR count). The number of hydrogen-bond donors (Lipinski definition) is 2. The minimum absolute atomic E-state index is 0.0225. The fraction of sp³-hybridized carbons (Fsp3) is 0.364. The van der Waals surface area contributed by atoms with Crippen molar-refractivity contribution in [2.45, 2.75) is 6.92 Å². The zero-order chi connectivity index (χ0) is 10.8. The lowest BCUT2D eigenvalue weighted by molar-refractivity contribution is -0.121. The lowest BCUT2D eigenvalue weighted by Gasteiger charge is -2.25. The molecule has 2 N–H and O–H groups in total. The summed E-state index contributed by atoms with van der Waals surface area (Å²) in [6, 6.07) is 4.78. The average molecular weight is 208 g/mol. The summed E-state index contributed by atoms with van der Waals surface area (Å²) in [4.78, 5) is 11.5. The number of anilines is 1. The van der Waals surface area contributed by atoms with Crippen LogP contribution in [-0.4, -0.2) is 19.0 Å². The van der Waals surface area contributed by atoms with E-state index in [2.05, 4.69) is 10.6 Å². The molecule has 3 nitrogen and oxygen atoms in total. The molecular formula is C11H13FN2O. The molecule has 80 valence electrons. The van der Waals surface area contributed by atoms with Crippen LogP contribution in [0.4, 0.5) is 10.1 Å². The molecule has 1 amide bonds. The number of halogens is 1. The van der Waals surface area contributed by atoms with Crippen molar-refractivity contribution in [3.8, 4) is 0 Å². The summed E-state index contributed by atoms with van der Waals surface area (Å²) in [5, 5.41) is 5.58. The van der Waals surface area contributed by atoms with Gasteiger partial charge in [0.2, 0.25) is 5.91 Å². The monoisotopic (exact) mass is 208 g/mol. The van der Waals surface area contributed by atoms with Crippen LogP contribution >= 0.6 is 0 Å². The van der Waals surface area contributed by atoms with E-state index in [-0.39, 0.29) is 23.3 Å². The van der Waals surface area contributed by atoms with Gasteiger partial charge in [-0.3, -0.25) is 4.79 Å². The smallest absolute Gasteiger partial charge is 0.230 e. The standard InChI is InChI=1S/C11H13FN2O/c1-7-2-3-10(9(12)4-7)14-11(15)8-5-13-6-8/h2-4,8,13H,5-6H2,1H3,(H,14,15). The number of nitrogens with one attached hydrogen (secondary N) is 2. The molecule has 0 radical (unpaired) electrons. The van der Waals surface area contributed by atoms with Crippen molar-refractivity contribution in [3.05, 3.63) is 29.6 Å². The Hall–Kier alpha value is -1.42. The Morgan fingerprint density at radius 3 is 2.80 bits per heavy atom. The Morgan fingerprint density at radius 2 is 2.27 bits per heavy atom. The molecule has 0 bridgehead atoms. The number of rotatable bonds is 2. The number of carbonyl (C=O) groups is 1. The van der Waals surface area contributed by atoms with Crippen molar-refractivity contribution < 1.29 is 9.18 Å². The Labute approximate surface area is 87.7 Å². The maximum Gasteiger partial charge on any atom is 0.230 e. The summed E-state index contributed by atoms with van der Waals surface area (Å²) in [5.41, 5.74) is 1.10. The van der Waals surface area contributed by atoms with Crippen molar-refractivity contribution in [1.29, 1.82) is 0 Å². The molecule has 0 unspecified atom stereocenters. The van der Waals surface area contributed by atoms with Crippen molar-refractivity contribution in [2.24, 2.45) is 5.92 Å². The normalized spacial score (nSPS) is 15.9. The fourth-order valence-corrected chi connectivity index (χ4v) is 1.43. The van der Waals surface area contributed by atoms with Crippen molar-refractivity contribution in [2.75, 3.05) is 18.4 Å². The molecule has 0 aromatic heterocycles. The molecule has 0 saturated carbocycles. The maximum absolute atomic E-state index is 13.4. The minimum Gasteiger partial charge on any atom is -0.323 e. The molecule has 0 spiro atoms. The molecule has 1 aliphatic heterocycles. The lowest BCUT2D eigenvalue weighted by Crippen LogP contribution is -2.48. The SMILES string of the molecule is Cc1ccc(NC(=O)C2CNC2)c(F)c1. The van der Waals surface area contributed by atoms with Crippen molar-refractivity contribution in [3.63, 3.8) is 0 Å². The van der Waals surface area contributed by atoms with Gasteiger partial charge in [-0.05, 0) is 24.6 Å². The Bertz CT molecular complexity index is 388. The van der Waals surface area contributed by atoms with E-state index >= 15 is 0 Å². The summed E-state index contributed by atoms with van der Waals surface area (Å²) < 4.78 is 13.4. The average Bonchev–Trinajstić information content (AvgIpc) is 2.07. The molecule has 0 atom stereocenters. The van der Waals surface area contributed by atoms with Gasteiger partial charge >= 0.3 is 0 Å². The number of aryl methyl sites for hydroxylation is 1. The summed E-state index contributed by atoms with van der Waals surface area (Å²) in [7, 11) is 0. The summed E-state index contributed by atoms with van der Waals surface area (Å²) in [5.74, 6) is -0.516. The molecule has 4 heteroatoms. The van der Waals surface area contributed by atoms with E-state index in [0.717, 1.165) is 5.56 Å². The first-order chi connectivity index (χ1) is 7.16. The zero-order valence-corrected chi connectivity index (χ0v) is 8.51. The lowest BCUT2D eigenvalue weighted by atomic mass is 10.0. The van der Waals surface area contributed by atoms with E-state index in [9.17, 15) is 9.18 Å². The molecule has 0 aliphatic carbocycles. The van der Waals surface area contributed by atoms with E-state index in [4.69, 9.17) is 0 Å². The first-order valence-corrected chi connectivity index (χ1v) is 4.94. The van der Waals surface area contributed by atoms with Crippen molar-refractivity contribution in [1.82, 2.24) is 5.32 Å². The highest BCUT2D eigenvalue weighted by Crippen LogP contribution is 2.16. The molecule has 1 heterocycles. The summed E-state index contributed by atoms with van der Waals surface area (Å²) >= 11 is 0. The van der Waals surface area contributed by atoms with Crippen LogP contribution in [0.5, 0.6) is 0 Å². The second-order valence-electron chi connectivity index (χ2n) is 3.83. The predicted octanol–water partition coefficient (Wildman–Crippen LogP) is 1.29. The van der Waals surface area contributed by atoms with E-state index in [1.165, 1.54) is 6.07 Å². The highest BCUT2D eigenvalue weighted by molar-refractivity contribution is 5.93. The molecule has 1 fully saturated rings. The largest absolute Gasteiger partial charge is 0.323 e. The summed E-state index contributed by atoms with van der Waals surface area (Å²) in [6.07, 6.45) is 0. The Balaban J connectivity index is 2.06. The zero-order valence-electron chi connectivity index (χ0n) is 8.51. The van der Waals surface area contributed by atoms with Crippen LogP contribution in [0.15, 0.2) is 18.2 Å². The molecular weight excluding hydrogens is 195 g/mol. The van der Waals surface area contributed by atoms with Gasteiger partial charge in [0, 0.05) is 13.1 Å². The van der Waals surface area contributed by atoms with Gasteiger partial charge < -0.3 is 10.6 Å². The van der Waals surface area contributed by atoms with Crippen LogP contribution in [-0.2, 0) is 4.79 Å². The third-order valence-electron chi connectivity index (χ3n) is 2.53. The van der Waals surface area contributed by atoms with Crippen molar-refractivity contribution >= 4 is 11.6 Å². The third-order valence-corrected chi connectivity index (χ3v) is 2.53. The maximum atomic E-state index is 13.4. The number of amides is 1. The predicted molar refractivity (Wildman–Crippen MR) is 56.1 cm³/mol. The number of hydrogen-bond acceptors (Lipinski definition) is 2. The third kappa shape index (κ3) is 2.15. The minimum atomic E-state index is -0.379. The van der Waals surface area contributed by atoms with Crippen LogP contribution in [0.1, 0.15) is 5.56 Å². The molecule has 1 aromatic rings. The highest BCUT2D eigenvalue weighted by Gasteiger charge is 2.25. The highest BCUT2D eigenvalue weighted by atomic mass is 19.1. The second-order valence-corrected chi connectivity index (χ2v) is 3.83. The van der Waals surface area contributed by atoms with Crippen LogP contribution in [0.2, 0.25) is 0 Å². The molecule has 1 aliphatic rings. The van der Waals surface area contributed by atoms with Gasteiger partial charge in [0.05, 0.1) is 11.6 Å². The van der Waals surface area contributed by atoms with Crippen LogP contribution in [0.25, 0.3) is 0 Å². The van der Waals surface area contributed by atoms with E-state index < -0.39 is 0 Å². The van der Waals surface area contributed by atoms with Gasteiger partial charge in [-0.15, -0.1) is 0 Å². The second kappa shape index (κ2) is 3.98. The van der Waals surface area contributed by atoms with E-state index in [1.807, 2.05) is 6.92 Å². The molecule has 15 heavy (non-hydrogen) atoms. The molecule has 1 saturated heterocycles. The van der Waals surface area contributed by atoms with E-state index in [1.54, 1.807) is 12.1 Å². The first kappa shape index (κ1) is 10.1. The van der Waals surface area contributed by atoms with Crippen LogP contribution in [0, 0.1) is 18.7 Å². The number of carbonyl (C=O) groups excluding carboxylic acids is 1. The van der Waals surface area contributed by atoms with Gasteiger partial charge in [0.25, 0.3) is 0 Å². The van der Waals surface area contributed by atoms with Gasteiger partial charge in [-0.25, -0.2) is 4.39 Å². The van der Waals surface area contributed by atoms with Gasteiger partial charge in [0.1, 0.15) is 5.82 Å². The van der Waals surface area contributed by atoms with E-state index in [0.29, 0.717) is 13.1 Å². The van der Waals surface area contributed by atoms with Gasteiger partial charge in [-0.2, -0.15) is 0 Å².